The number of hydrogen-bond acceptors (Lipinski definition) is 4. The number of piperazine rings is 1. The van der Waals surface area contributed by atoms with E-state index < -0.39 is 0 Å². The van der Waals surface area contributed by atoms with Crippen LogP contribution in [0.5, 0.6) is 0 Å². The van der Waals surface area contributed by atoms with Crippen LogP contribution >= 0.6 is 11.3 Å². The minimum absolute atomic E-state index is 0.0972. The Morgan fingerprint density at radius 1 is 0.933 bits per heavy atom. The monoisotopic (exact) mass is 419 g/mol. The molecule has 0 bridgehead atoms. The standard InChI is InChI=1S/C25H29N3OS/c29-25(28-16-14-27(15-17-28)18-19-8-2-1-3-9-19)21-11-5-4-10-20(21)24-26-22-12-6-7-13-23(22)30-24/h1-3,6-9,12-13,20-21H,4-5,10-11,14-18H2. The third-order valence-corrected chi connectivity index (χ3v) is 7.81. The Balaban J connectivity index is 1.25. The molecule has 5 rings (SSSR count). The molecule has 2 atom stereocenters. The predicted octanol–water partition coefficient (Wildman–Crippen LogP) is 4.91. The Kier molecular flexibility index (Phi) is 5.82. The van der Waals surface area contributed by atoms with Crippen LogP contribution in [0.2, 0.25) is 0 Å². The van der Waals surface area contributed by atoms with Crippen molar-refractivity contribution in [3.8, 4) is 0 Å². The molecule has 1 aromatic heterocycles. The van der Waals surface area contributed by atoms with E-state index in [4.69, 9.17) is 4.98 Å². The summed E-state index contributed by atoms with van der Waals surface area (Å²) in [6, 6.07) is 19.0. The first-order chi connectivity index (χ1) is 14.8. The van der Waals surface area contributed by atoms with Crippen LogP contribution in [-0.2, 0) is 11.3 Å². The van der Waals surface area contributed by atoms with E-state index in [9.17, 15) is 4.79 Å². The van der Waals surface area contributed by atoms with Crippen LogP contribution in [0.4, 0.5) is 0 Å². The molecule has 4 nitrogen and oxygen atoms in total. The minimum Gasteiger partial charge on any atom is -0.340 e. The number of carbonyl (C=O) groups excluding carboxylic acids is 1. The molecule has 2 unspecified atom stereocenters. The Morgan fingerprint density at radius 3 is 2.47 bits per heavy atom. The summed E-state index contributed by atoms with van der Waals surface area (Å²) in [5, 5.41) is 1.16. The topological polar surface area (TPSA) is 36.4 Å². The van der Waals surface area contributed by atoms with Crippen molar-refractivity contribution < 1.29 is 4.79 Å². The van der Waals surface area contributed by atoms with E-state index in [1.807, 2.05) is 6.07 Å². The lowest BCUT2D eigenvalue weighted by Gasteiger charge is -2.39. The summed E-state index contributed by atoms with van der Waals surface area (Å²) < 4.78 is 1.23. The number of benzene rings is 2. The maximum atomic E-state index is 13.5. The quantitative estimate of drug-likeness (QED) is 0.603. The average Bonchev–Trinajstić information content (AvgIpc) is 3.24. The van der Waals surface area contributed by atoms with Crippen molar-refractivity contribution in [3.63, 3.8) is 0 Å². The van der Waals surface area contributed by atoms with E-state index in [2.05, 4.69) is 58.3 Å². The molecule has 2 aliphatic rings. The number of rotatable bonds is 4. The SMILES string of the molecule is O=C(C1CCCCC1c1nc2ccccc2s1)N1CCN(Cc2ccccc2)CC1. The highest BCUT2D eigenvalue weighted by molar-refractivity contribution is 7.18. The molecule has 0 radical (unpaired) electrons. The number of para-hydroxylation sites is 1. The normalized spacial score (nSPS) is 23.0. The van der Waals surface area contributed by atoms with E-state index in [1.54, 1.807) is 11.3 Å². The molecular formula is C25H29N3OS. The first-order valence-electron chi connectivity index (χ1n) is 11.2. The van der Waals surface area contributed by atoms with Crippen molar-refractivity contribution in [2.24, 2.45) is 5.92 Å². The van der Waals surface area contributed by atoms with Crippen molar-refractivity contribution in [3.05, 3.63) is 65.2 Å². The van der Waals surface area contributed by atoms with Crippen LogP contribution in [0.15, 0.2) is 54.6 Å². The largest absolute Gasteiger partial charge is 0.340 e. The van der Waals surface area contributed by atoms with E-state index >= 15 is 0 Å². The molecule has 2 aromatic carbocycles. The van der Waals surface area contributed by atoms with Gasteiger partial charge in [-0.15, -0.1) is 11.3 Å². The number of hydrogen-bond donors (Lipinski definition) is 0. The third kappa shape index (κ3) is 4.14. The molecule has 2 heterocycles. The summed E-state index contributed by atoms with van der Waals surface area (Å²) in [5.74, 6) is 0.740. The first kappa shape index (κ1) is 19.7. The molecule has 1 aliphatic heterocycles. The lowest BCUT2D eigenvalue weighted by molar-refractivity contribution is -0.139. The third-order valence-electron chi connectivity index (χ3n) is 6.64. The van der Waals surface area contributed by atoms with Crippen molar-refractivity contribution in [1.29, 1.82) is 0 Å². The zero-order valence-electron chi connectivity index (χ0n) is 17.4. The van der Waals surface area contributed by atoms with E-state index in [-0.39, 0.29) is 11.8 Å². The summed E-state index contributed by atoms with van der Waals surface area (Å²) in [6.07, 6.45) is 4.45. The molecule has 5 heteroatoms. The maximum Gasteiger partial charge on any atom is 0.226 e. The van der Waals surface area contributed by atoms with E-state index in [0.29, 0.717) is 5.91 Å². The lowest BCUT2D eigenvalue weighted by Crippen LogP contribution is -2.50. The predicted molar refractivity (Wildman–Crippen MR) is 123 cm³/mol. The smallest absolute Gasteiger partial charge is 0.226 e. The van der Waals surface area contributed by atoms with Crippen molar-refractivity contribution in [1.82, 2.24) is 14.8 Å². The summed E-state index contributed by atoms with van der Waals surface area (Å²) in [5.41, 5.74) is 2.42. The number of fused-ring (bicyclic) bond motifs is 1. The molecule has 0 N–H and O–H groups in total. The van der Waals surface area contributed by atoms with E-state index in [1.165, 1.54) is 16.7 Å². The molecule has 30 heavy (non-hydrogen) atoms. The second-order valence-corrected chi connectivity index (χ2v) is 9.67. The van der Waals surface area contributed by atoms with Crippen LogP contribution in [-0.4, -0.2) is 46.9 Å². The Hall–Kier alpha value is -2.24. The van der Waals surface area contributed by atoms with Crippen LogP contribution in [0.1, 0.15) is 42.2 Å². The van der Waals surface area contributed by atoms with Gasteiger partial charge < -0.3 is 4.90 Å². The fourth-order valence-electron chi connectivity index (χ4n) is 4.97. The minimum atomic E-state index is 0.0972. The highest BCUT2D eigenvalue weighted by atomic mass is 32.1. The molecule has 2 fully saturated rings. The van der Waals surface area contributed by atoms with Gasteiger partial charge in [0.25, 0.3) is 0 Å². The fraction of sp³-hybridized carbons (Fsp3) is 0.440. The van der Waals surface area contributed by atoms with Gasteiger partial charge in [0, 0.05) is 44.6 Å². The molecule has 3 aromatic rings. The molecular weight excluding hydrogens is 390 g/mol. The number of aromatic nitrogens is 1. The van der Waals surface area contributed by atoms with Gasteiger partial charge in [-0.25, -0.2) is 4.98 Å². The summed E-state index contributed by atoms with van der Waals surface area (Å²) in [4.78, 5) is 23.0. The van der Waals surface area contributed by atoms with Crippen LogP contribution in [0.25, 0.3) is 10.2 Å². The summed E-state index contributed by atoms with van der Waals surface area (Å²) >= 11 is 1.78. The number of nitrogens with zero attached hydrogens (tertiary/aromatic N) is 3. The lowest BCUT2D eigenvalue weighted by atomic mass is 9.78. The molecule has 1 saturated carbocycles. The van der Waals surface area contributed by atoms with Gasteiger partial charge in [-0.1, -0.05) is 55.3 Å². The first-order valence-corrected chi connectivity index (χ1v) is 12.0. The summed E-state index contributed by atoms with van der Waals surface area (Å²) in [6.45, 7) is 4.57. The molecule has 0 spiro atoms. The summed E-state index contributed by atoms with van der Waals surface area (Å²) in [7, 11) is 0. The second kappa shape index (κ2) is 8.86. The van der Waals surface area contributed by atoms with Gasteiger partial charge in [0.1, 0.15) is 0 Å². The Labute approximate surface area is 182 Å². The Bertz CT molecular complexity index is 961. The zero-order chi connectivity index (χ0) is 20.3. The van der Waals surface area contributed by atoms with Crippen LogP contribution < -0.4 is 0 Å². The number of carbonyl (C=O) groups is 1. The second-order valence-electron chi connectivity index (χ2n) is 8.60. The molecule has 156 valence electrons. The fourth-order valence-corrected chi connectivity index (χ4v) is 6.14. The van der Waals surface area contributed by atoms with Gasteiger partial charge in [0.05, 0.1) is 15.2 Å². The Morgan fingerprint density at radius 2 is 1.67 bits per heavy atom. The van der Waals surface area contributed by atoms with Crippen molar-refractivity contribution in [2.75, 3.05) is 26.2 Å². The average molecular weight is 420 g/mol. The van der Waals surface area contributed by atoms with Gasteiger partial charge in [-0.2, -0.15) is 0 Å². The molecule has 1 saturated heterocycles. The van der Waals surface area contributed by atoms with Gasteiger partial charge in [-0.05, 0) is 30.5 Å². The molecule has 1 aliphatic carbocycles. The number of thiazole rings is 1. The highest BCUT2D eigenvalue weighted by Crippen LogP contribution is 2.41. The maximum absolute atomic E-state index is 13.5. The van der Waals surface area contributed by atoms with Crippen LogP contribution in [0, 0.1) is 5.92 Å². The molecule has 1 amide bonds. The van der Waals surface area contributed by atoms with Gasteiger partial charge in [0.2, 0.25) is 5.91 Å². The van der Waals surface area contributed by atoms with Gasteiger partial charge >= 0.3 is 0 Å². The van der Waals surface area contributed by atoms with Crippen molar-refractivity contribution >= 4 is 27.5 Å². The van der Waals surface area contributed by atoms with Gasteiger partial charge in [-0.3, -0.25) is 9.69 Å². The van der Waals surface area contributed by atoms with Crippen molar-refractivity contribution in [2.45, 2.75) is 38.1 Å². The zero-order valence-corrected chi connectivity index (χ0v) is 18.2. The van der Waals surface area contributed by atoms with E-state index in [0.717, 1.165) is 62.5 Å². The van der Waals surface area contributed by atoms with Crippen LogP contribution in [0.3, 0.4) is 0 Å². The number of amides is 1. The highest BCUT2D eigenvalue weighted by Gasteiger charge is 2.37. The van der Waals surface area contributed by atoms with Gasteiger partial charge in [0.15, 0.2) is 0 Å².